The molecule has 0 aromatic carbocycles. The van der Waals surface area contributed by atoms with E-state index in [1.54, 1.807) is 0 Å². The van der Waals surface area contributed by atoms with Crippen LogP contribution in [0.4, 0.5) is 0 Å². The van der Waals surface area contributed by atoms with Crippen LogP contribution in [0.3, 0.4) is 0 Å². The lowest BCUT2D eigenvalue weighted by molar-refractivity contribution is -0.167. The minimum atomic E-state index is -0.794. The van der Waals surface area contributed by atoms with E-state index in [0.717, 1.165) is 148 Å². The molecule has 0 saturated heterocycles. The normalized spacial score (nSPS) is 12.9. The van der Waals surface area contributed by atoms with Gasteiger partial charge in [-0.05, 0) is 116 Å². The number of carbonyl (C=O) groups is 3. The largest absolute Gasteiger partial charge is 0.462 e. The van der Waals surface area contributed by atoms with Crippen molar-refractivity contribution in [2.45, 2.75) is 316 Å². The lowest BCUT2D eigenvalue weighted by Gasteiger charge is -2.18. The molecule has 0 saturated carbocycles. The van der Waals surface area contributed by atoms with Gasteiger partial charge in [0.2, 0.25) is 0 Å². The van der Waals surface area contributed by atoms with E-state index in [1.807, 2.05) is 0 Å². The summed E-state index contributed by atoms with van der Waals surface area (Å²) in [5, 5.41) is 0. The second-order valence-electron chi connectivity index (χ2n) is 22.0. The second kappa shape index (κ2) is 67.3. The van der Waals surface area contributed by atoms with Gasteiger partial charge in [-0.25, -0.2) is 0 Å². The number of esters is 3. The van der Waals surface area contributed by atoms with Crippen LogP contribution in [-0.4, -0.2) is 37.2 Å². The number of hydrogen-bond donors (Lipinski definition) is 0. The maximum absolute atomic E-state index is 12.9. The molecule has 0 amide bonds. The lowest BCUT2D eigenvalue weighted by atomic mass is 10.0. The molecule has 0 N–H and O–H groups in total. The van der Waals surface area contributed by atoms with Crippen molar-refractivity contribution in [2.24, 2.45) is 0 Å². The lowest BCUT2D eigenvalue weighted by Crippen LogP contribution is -2.30. The summed E-state index contributed by atoms with van der Waals surface area (Å²) in [6.45, 7) is 6.51. The molecule has 0 aromatic heterocycles. The van der Waals surface area contributed by atoms with Crippen molar-refractivity contribution >= 4 is 17.9 Å². The Morgan fingerprint density at radius 1 is 0.263 bits per heavy atom. The summed E-state index contributed by atoms with van der Waals surface area (Å²) in [6, 6.07) is 0. The average molecular weight is 1110 g/mol. The summed E-state index contributed by atoms with van der Waals surface area (Å²) in [5.74, 6) is -0.908. The number of unbranched alkanes of at least 4 members (excludes halogenated alkanes) is 29. The Balaban J connectivity index is 4.35. The highest BCUT2D eigenvalue weighted by Crippen LogP contribution is 2.16. The van der Waals surface area contributed by atoms with Crippen LogP contribution in [-0.2, 0) is 28.6 Å². The first-order valence-corrected chi connectivity index (χ1v) is 33.5. The third-order valence-corrected chi connectivity index (χ3v) is 14.2. The van der Waals surface area contributed by atoms with Gasteiger partial charge in [-0.3, -0.25) is 14.4 Å². The molecule has 0 fully saturated rings. The van der Waals surface area contributed by atoms with Gasteiger partial charge in [-0.2, -0.15) is 0 Å². The molecule has 1 atom stereocenters. The zero-order chi connectivity index (χ0) is 57.8. The molecule has 0 heterocycles. The van der Waals surface area contributed by atoms with Gasteiger partial charge >= 0.3 is 17.9 Å². The summed E-state index contributed by atoms with van der Waals surface area (Å²) < 4.78 is 16.9. The third-order valence-electron chi connectivity index (χ3n) is 14.2. The quantitative estimate of drug-likeness (QED) is 0.0261. The summed E-state index contributed by atoms with van der Waals surface area (Å²) in [6.07, 6.45) is 93.5. The number of allylic oxidation sites excluding steroid dienone is 20. The summed E-state index contributed by atoms with van der Waals surface area (Å²) in [4.78, 5) is 38.3. The Morgan fingerprint density at radius 3 is 0.775 bits per heavy atom. The number of rotatable bonds is 60. The minimum absolute atomic E-state index is 0.0875. The fourth-order valence-corrected chi connectivity index (χ4v) is 9.20. The third kappa shape index (κ3) is 64.6. The molecule has 0 aliphatic heterocycles. The first-order chi connectivity index (χ1) is 39.5. The first kappa shape index (κ1) is 75.8. The van der Waals surface area contributed by atoms with Gasteiger partial charge in [0.15, 0.2) is 6.10 Å². The molecule has 0 aliphatic rings. The Morgan fingerprint density at radius 2 is 0.487 bits per heavy atom. The average Bonchev–Trinajstić information content (AvgIpc) is 3.46. The molecule has 0 rings (SSSR count). The molecule has 0 aromatic rings. The molecular weight excluding hydrogens is 985 g/mol. The Hall–Kier alpha value is -4.19. The first-order valence-electron chi connectivity index (χ1n) is 33.5. The molecule has 0 spiro atoms. The van der Waals surface area contributed by atoms with Crippen LogP contribution in [0.15, 0.2) is 122 Å². The fraction of sp³-hybridized carbons (Fsp3) is 0.689. The van der Waals surface area contributed by atoms with E-state index in [1.165, 1.54) is 122 Å². The van der Waals surface area contributed by atoms with Crippen LogP contribution in [0.25, 0.3) is 0 Å². The summed E-state index contributed by atoms with van der Waals surface area (Å²) in [7, 11) is 0. The van der Waals surface area contributed by atoms with Gasteiger partial charge in [0, 0.05) is 19.3 Å². The highest BCUT2D eigenvalue weighted by molar-refractivity contribution is 5.71. The highest BCUT2D eigenvalue weighted by Gasteiger charge is 2.19. The highest BCUT2D eigenvalue weighted by atomic mass is 16.6. The van der Waals surface area contributed by atoms with Crippen LogP contribution in [0.2, 0.25) is 0 Å². The van der Waals surface area contributed by atoms with Gasteiger partial charge < -0.3 is 14.2 Å². The maximum atomic E-state index is 12.9. The van der Waals surface area contributed by atoms with Crippen molar-refractivity contribution in [1.82, 2.24) is 0 Å². The van der Waals surface area contributed by atoms with E-state index in [0.29, 0.717) is 19.3 Å². The van der Waals surface area contributed by atoms with E-state index >= 15 is 0 Å². The fourth-order valence-electron chi connectivity index (χ4n) is 9.20. The van der Waals surface area contributed by atoms with E-state index in [2.05, 4.69) is 142 Å². The van der Waals surface area contributed by atoms with Gasteiger partial charge in [0.05, 0.1) is 0 Å². The molecular formula is C74H124O6. The maximum Gasteiger partial charge on any atom is 0.306 e. The zero-order valence-electron chi connectivity index (χ0n) is 52.3. The van der Waals surface area contributed by atoms with Gasteiger partial charge in [-0.15, -0.1) is 0 Å². The monoisotopic (exact) mass is 1110 g/mol. The molecule has 6 heteroatoms. The van der Waals surface area contributed by atoms with Crippen molar-refractivity contribution in [1.29, 1.82) is 0 Å². The molecule has 0 aliphatic carbocycles. The Bertz CT molecular complexity index is 1650. The number of ether oxygens (including phenoxy) is 3. The van der Waals surface area contributed by atoms with Crippen molar-refractivity contribution < 1.29 is 28.6 Å². The molecule has 80 heavy (non-hydrogen) atoms. The van der Waals surface area contributed by atoms with Gasteiger partial charge in [-0.1, -0.05) is 296 Å². The van der Waals surface area contributed by atoms with Crippen LogP contribution in [0.1, 0.15) is 310 Å². The van der Waals surface area contributed by atoms with E-state index in [9.17, 15) is 14.4 Å². The van der Waals surface area contributed by atoms with Crippen LogP contribution in [0.5, 0.6) is 0 Å². The number of carbonyl (C=O) groups excluding carboxylic acids is 3. The molecule has 6 nitrogen and oxygen atoms in total. The molecule has 0 bridgehead atoms. The molecule has 0 radical (unpaired) electrons. The topological polar surface area (TPSA) is 78.9 Å². The van der Waals surface area contributed by atoms with Crippen LogP contribution >= 0.6 is 0 Å². The standard InChI is InChI=1S/C74H124O6/c1-4-7-10-13-16-19-22-25-28-30-31-32-33-34-35-36-37-38-39-40-41-42-43-44-47-49-52-55-58-61-64-67-73(76)79-70-71(69-78-72(75)66-63-60-57-54-51-48-45-27-24-21-18-15-12-9-6-3)80-74(77)68-65-62-59-56-53-50-46-29-26-23-20-17-14-11-8-5-2/h7,10,16,19-20,23,25,28-29,31-32,34-35,37-38,40-41,43-44,46,71H,4-6,8-9,11-15,17-18,21-22,24,26-27,30,33,36,39,42,45,47-70H2,1-3H3/b10-7-,19-16-,23-20-,28-25-,32-31-,35-34-,38-37-,41-40-,44-43-,46-29-. The predicted molar refractivity (Wildman–Crippen MR) is 348 cm³/mol. The van der Waals surface area contributed by atoms with E-state index in [-0.39, 0.29) is 31.1 Å². The molecule has 1 unspecified atom stereocenters. The van der Waals surface area contributed by atoms with Crippen molar-refractivity contribution in [3.8, 4) is 0 Å². The van der Waals surface area contributed by atoms with Crippen LogP contribution in [0, 0.1) is 0 Å². The summed E-state index contributed by atoms with van der Waals surface area (Å²) >= 11 is 0. The van der Waals surface area contributed by atoms with E-state index in [4.69, 9.17) is 14.2 Å². The Kier molecular flexibility index (Phi) is 63.8. The smallest absolute Gasteiger partial charge is 0.306 e. The van der Waals surface area contributed by atoms with Gasteiger partial charge in [0.25, 0.3) is 0 Å². The van der Waals surface area contributed by atoms with Gasteiger partial charge in [0.1, 0.15) is 13.2 Å². The minimum Gasteiger partial charge on any atom is -0.462 e. The number of hydrogen-bond acceptors (Lipinski definition) is 6. The van der Waals surface area contributed by atoms with Crippen molar-refractivity contribution in [3.05, 3.63) is 122 Å². The van der Waals surface area contributed by atoms with Crippen LogP contribution < -0.4 is 0 Å². The second-order valence-corrected chi connectivity index (χ2v) is 22.0. The zero-order valence-corrected chi connectivity index (χ0v) is 52.3. The predicted octanol–water partition coefficient (Wildman–Crippen LogP) is 23.2. The van der Waals surface area contributed by atoms with E-state index < -0.39 is 6.10 Å². The summed E-state index contributed by atoms with van der Waals surface area (Å²) in [5.41, 5.74) is 0. The SMILES string of the molecule is CC/C=C\C/C=C\C/C=C\C/C=C\C/C=C\C/C=C\C/C=C\C/C=C\CCCCCCCCC(=O)OCC(COC(=O)CCCCCCCCCCCCCCCCC)OC(=O)CCCCCCC/C=C\C/C=C\CCCCCC. The van der Waals surface area contributed by atoms with Crippen molar-refractivity contribution in [3.63, 3.8) is 0 Å². The molecule has 456 valence electrons. The van der Waals surface area contributed by atoms with Crippen molar-refractivity contribution in [2.75, 3.05) is 13.2 Å². The Labute approximate surface area is 494 Å².